The highest BCUT2D eigenvalue weighted by Gasteiger charge is 2.13. The summed E-state index contributed by atoms with van der Waals surface area (Å²) in [7, 11) is -3.73. The topological polar surface area (TPSA) is 123 Å². The van der Waals surface area contributed by atoms with Crippen LogP contribution >= 0.6 is 11.6 Å². The number of hydrazine groups is 1. The minimum atomic E-state index is -3.73. The SMILES string of the molecule is Nc1nc(Cl)nc(NNS(=O)(=O)c2ccccc2)n1. The van der Waals surface area contributed by atoms with E-state index in [0.29, 0.717) is 0 Å². The van der Waals surface area contributed by atoms with Gasteiger partial charge in [0.15, 0.2) is 0 Å². The van der Waals surface area contributed by atoms with Crippen LogP contribution in [0.5, 0.6) is 0 Å². The van der Waals surface area contributed by atoms with Crippen LogP contribution in [0.25, 0.3) is 0 Å². The predicted molar refractivity (Wildman–Crippen MR) is 69.6 cm³/mol. The number of hydrogen-bond donors (Lipinski definition) is 3. The third-order valence-corrected chi connectivity index (χ3v) is 3.41. The number of hydrogen-bond acceptors (Lipinski definition) is 7. The zero-order chi connectivity index (χ0) is 13.9. The van der Waals surface area contributed by atoms with E-state index in [-0.39, 0.29) is 22.1 Å². The summed E-state index contributed by atoms with van der Waals surface area (Å²) in [5, 5.41) is -0.145. The Hall–Kier alpha value is -1.97. The van der Waals surface area contributed by atoms with Crippen LogP contribution in [0.4, 0.5) is 11.9 Å². The van der Waals surface area contributed by atoms with Crippen molar-refractivity contribution < 1.29 is 8.42 Å². The lowest BCUT2D eigenvalue weighted by Gasteiger charge is -2.08. The average molecular weight is 301 g/mol. The number of nitrogens with one attached hydrogen (secondary N) is 2. The van der Waals surface area contributed by atoms with Gasteiger partial charge < -0.3 is 5.73 Å². The highest BCUT2D eigenvalue weighted by Crippen LogP contribution is 2.09. The van der Waals surface area contributed by atoms with Crippen molar-refractivity contribution in [2.75, 3.05) is 11.2 Å². The van der Waals surface area contributed by atoms with Gasteiger partial charge in [0.2, 0.25) is 17.2 Å². The molecule has 2 rings (SSSR count). The number of halogens is 1. The molecule has 1 heterocycles. The molecule has 1 aromatic carbocycles. The number of nitrogens with two attached hydrogens (primary N) is 1. The Labute approximate surface area is 114 Å². The van der Waals surface area contributed by atoms with Crippen molar-refractivity contribution in [3.05, 3.63) is 35.6 Å². The first-order valence-electron chi connectivity index (χ1n) is 4.97. The van der Waals surface area contributed by atoms with E-state index >= 15 is 0 Å². The summed E-state index contributed by atoms with van der Waals surface area (Å²) >= 11 is 5.56. The van der Waals surface area contributed by atoms with Crippen molar-refractivity contribution >= 4 is 33.5 Å². The Bertz CT molecular complexity index is 658. The van der Waals surface area contributed by atoms with Gasteiger partial charge in [0.25, 0.3) is 10.0 Å². The van der Waals surface area contributed by atoms with Crippen LogP contribution in [0.2, 0.25) is 5.28 Å². The van der Waals surface area contributed by atoms with Crippen molar-refractivity contribution in [1.29, 1.82) is 0 Å². The molecule has 0 saturated carbocycles. The fourth-order valence-corrected chi connectivity index (χ4v) is 2.22. The Balaban J connectivity index is 2.14. The standard InChI is InChI=1S/C9H9ClN6O2S/c10-7-12-8(11)14-9(13-7)15-16-19(17,18)6-4-2-1-3-5-6/h1-5,16H,(H3,11,12,13,14,15). The lowest BCUT2D eigenvalue weighted by atomic mass is 10.4. The quantitative estimate of drug-likeness (QED) is 0.699. The molecule has 0 bridgehead atoms. The number of rotatable bonds is 4. The second-order valence-electron chi connectivity index (χ2n) is 3.33. The Morgan fingerprint density at radius 1 is 1.11 bits per heavy atom. The van der Waals surface area contributed by atoms with Crippen LogP contribution < -0.4 is 16.0 Å². The maximum Gasteiger partial charge on any atom is 0.257 e. The van der Waals surface area contributed by atoms with E-state index in [1.165, 1.54) is 12.1 Å². The first-order valence-corrected chi connectivity index (χ1v) is 6.83. The minimum absolute atomic E-state index is 0.0932. The van der Waals surface area contributed by atoms with Crippen molar-refractivity contribution in [2.45, 2.75) is 4.90 Å². The molecule has 0 fully saturated rings. The largest absolute Gasteiger partial charge is 0.368 e. The Morgan fingerprint density at radius 2 is 1.79 bits per heavy atom. The summed E-state index contributed by atoms with van der Waals surface area (Å²) in [6.45, 7) is 0. The number of anilines is 2. The Kier molecular flexibility index (Phi) is 3.79. The van der Waals surface area contributed by atoms with Gasteiger partial charge in [-0.25, -0.2) is 8.42 Å². The highest BCUT2D eigenvalue weighted by molar-refractivity contribution is 7.89. The number of aromatic nitrogens is 3. The van der Waals surface area contributed by atoms with Gasteiger partial charge in [-0.05, 0) is 23.7 Å². The first-order chi connectivity index (χ1) is 8.97. The molecule has 0 unspecified atom stereocenters. The molecular weight excluding hydrogens is 292 g/mol. The van der Waals surface area contributed by atoms with E-state index in [4.69, 9.17) is 17.3 Å². The van der Waals surface area contributed by atoms with Gasteiger partial charge in [-0.15, -0.1) is 4.83 Å². The van der Waals surface area contributed by atoms with E-state index in [9.17, 15) is 8.42 Å². The molecule has 1 aromatic heterocycles. The fraction of sp³-hybridized carbons (Fsp3) is 0. The molecule has 0 amide bonds. The zero-order valence-electron chi connectivity index (χ0n) is 9.41. The summed E-state index contributed by atoms with van der Waals surface area (Å²) in [4.78, 5) is 13.1. The molecule has 0 radical (unpaired) electrons. The molecule has 0 aliphatic carbocycles. The summed E-state index contributed by atoms with van der Waals surface area (Å²) in [6.07, 6.45) is 0. The van der Waals surface area contributed by atoms with Crippen LogP contribution in [-0.4, -0.2) is 23.4 Å². The highest BCUT2D eigenvalue weighted by atomic mass is 35.5. The molecule has 0 spiro atoms. The van der Waals surface area contributed by atoms with Gasteiger partial charge in [-0.2, -0.15) is 15.0 Å². The third-order valence-electron chi connectivity index (χ3n) is 1.98. The Morgan fingerprint density at radius 3 is 2.42 bits per heavy atom. The molecule has 0 atom stereocenters. The molecule has 4 N–H and O–H groups in total. The number of sulfonamides is 1. The van der Waals surface area contributed by atoms with Crippen LogP contribution in [0, 0.1) is 0 Å². The summed E-state index contributed by atoms with van der Waals surface area (Å²) < 4.78 is 23.7. The van der Waals surface area contributed by atoms with Gasteiger partial charge in [0, 0.05) is 0 Å². The van der Waals surface area contributed by atoms with E-state index in [0.717, 1.165) is 0 Å². The van der Waals surface area contributed by atoms with Crippen LogP contribution in [0.15, 0.2) is 35.2 Å². The minimum Gasteiger partial charge on any atom is -0.368 e. The monoisotopic (exact) mass is 300 g/mol. The van der Waals surface area contributed by atoms with Crippen LogP contribution in [0.3, 0.4) is 0 Å². The number of nitrogen functional groups attached to an aromatic ring is 1. The van der Waals surface area contributed by atoms with Gasteiger partial charge >= 0.3 is 0 Å². The van der Waals surface area contributed by atoms with Gasteiger partial charge in [0.05, 0.1) is 4.90 Å². The second-order valence-corrected chi connectivity index (χ2v) is 5.35. The normalized spacial score (nSPS) is 11.2. The molecule has 0 saturated heterocycles. The summed E-state index contributed by atoms with van der Waals surface area (Å²) in [5.74, 6) is -0.224. The van der Waals surface area contributed by atoms with Crippen molar-refractivity contribution in [1.82, 2.24) is 19.8 Å². The summed E-state index contributed by atoms with van der Waals surface area (Å²) in [6, 6.07) is 7.80. The van der Waals surface area contributed by atoms with Gasteiger partial charge in [-0.1, -0.05) is 18.2 Å². The molecule has 0 aliphatic heterocycles. The van der Waals surface area contributed by atoms with Crippen molar-refractivity contribution in [3.8, 4) is 0 Å². The van der Waals surface area contributed by atoms with Gasteiger partial charge in [0.1, 0.15) is 0 Å². The zero-order valence-corrected chi connectivity index (χ0v) is 11.0. The molecule has 8 nitrogen and oxygen atoms in total. The van der Waals surface area contributed by atoms with Gasteiger partial charge in [-0.3, -0.25) is 5.43 Å². The lowest BCUT2D eigenvalue weighted by Crippen LogP contribution is -2.30. The lowest BCUT2D eigenvalue weighted by molar-refractivity contribution is 0.587. The van der Waals surface area contributed by atoms with Crippen LogP contribution in [0.1, 0.15) is 0 Å². The van der Waals surface area contributed by atoms with Crippen LogP contribution in [-0.2, 0) is 10.0 Å². The average Bonchev–Trinajstić information content (AvgIpc) is 2.37. The van der Waals surface area contributed by atoms with Crippen molar-refractivity contribution in [2.24, 2.45) is 0 Å². The molecule has 10 heteroatoms. The van der Waals surface area contributed by atoms with E-state index in [1.54, 1.807) is 18.2 Å². The predicted octanol–water partition coefficient (Wildman–Crippen LogP) is 0.413. The maximum atomic E-state index is 11.9. The first kappa shape index (κ1) is 13.5. The molecule has 2 aromatic rings. The summed E-state index contributed by atoms with van der Waals surface area (Å²) in [5.41, 5.74) is 7.65. The second kappa shape index (κ2) is 5.34. The molecule has 0 aliphatic rings. The van der Waals surface area contributed by atoms with E-state index in [2.05, 4.69) is 25.2 Å². The third kappa shape index (κ3) is 3.50. The molecule has 100 valence electrons. The molecule has 19 heavy (non-hydrogen) atoms. The number of benzene rings is 1. The van der Waals surface area contributed by atoms with E-state index in [1.807, 2.05) is 0 Å². The number of nitrogens with zero attached hydrogens (tertiary/aromatic N) is 3. The van der Waals surface area contributed by atoms with Crippen molar-refractivity contribution in [3.63, 3.8) is 0 Å². The smallest absolute Gasteiger partial charge is 0.257 e. The fourth-order valence-electron chi connectivity index (χ4n) is 1.19. The van der Waals surface area contributed by atoms with E-state index < -0.39 is 10.0 Å². The molecular formula is C9H9ClN6O2S. The maximum absolute atomic E-state index is 11.9.